The summed E-state index contributed by atoms with van der Waals surface area (Å²) in [6.45, 7) is 5.72. The van der Waals surface area contributed by atoms with Crippen LogP contribution in [0.3, 0.4) is 0 Å². The topological polar surface area (TPSA) is 88.2 Å². The molecule has 1 unspecified atom stereocenters. The van der Waals surface area contributed by atoms with Crippen LogP contribution in [-0.4, -0.2) is 23.6 Å². The number of hydrogen-bond donors (Lipinski definition) is 1. The van der Waals surface area contributed by atoms with Crippen molar-refractivity contribution in [2.24, 2.45) is 0 Å². The van der Waals surface area contributed by atoms with Crippen LogP contribution in [0.15, 0.2) is 18.2 Å². The van der Waals surface area contributed by atoms with E-state index in [2.05, 4.69) is 11.4 Å². The number of benzene rings is 1. The molecule has 1 atom stereocenters. The third-order valence-corrected chi connectivity index (χ3v) is 2.41. The Morgan fingerprint density at radius 1 is 1.53 bits per heavy atom. The molecule has 0 bridgehead atoms. The summed E-state index contributed by atoms with van der Waals surface area (Å²) in [4.78, 5) is 10.4. The largest absolute Gasteiger partial charge is 0.484 e. The van der Waals surface area contributed by atoms with Crippen LogP contribution in [0.4, 0.5) is 5.69 Å². The molecule has 19 heavy (non-hydrogen) atoms. The van der Waals surface area contributed by atoms with Gasteiger partial charge in [-0.15, -0.1) is 0 Å². The molecule has 102 valence electrons. The second-order valence-electron chi connectivity index (χ2n) is 4.54. The lowest BCUT2D eigenvalue weighted by molar-refractivity contribution is -0.385. The lowest BCUT2D eigenvalue weighted by atomic mass is 10.2. The van der Waals surface area contributed by atoms with Gasteiger partial charge in [0, 0.05) is 12.1 Å². The summed E-state index contributed by atoms with van der Waals surface area (Å²) in [6.07, 6.45) is 0. The van der Waals surface area contributed by atoms with E-state index >= 15 is 0 Å². The number of aryl methyl sites for hydroxylation is 1. The highest BCUT2D eigenvalue weighted by molar-refractivity contribution is 5.48. The molecule has 0 radical (unpaired) electrons. The van der Waals surface area contributed by atoms with E-state index in [9.17, 15) is 10.1 Å². The van der Waals surface area contributed by atoms with Gasteiger partial charge in [-0.05, 0) is 32.4 Å². The molecule has 6 nitrogen and oxygen atoms in total. The van der Waals surface area contributed by atoms with Crippen LogP contribution in [0, 0.1) is 28.4 Å². The maximum atomic E-state index is 10.9. The number of ether oxygens (including phenoxy) is 1. The van der Waals surface area contributed by atoms with E-state index in [1.54, 1.807) is 12.1 Å². The third-order valence-electron chi connectivity index (χ3n) is 2.41. The summed E-state index contributed by atoms with van der Waals surface area (Å²) < 4.78 is 5.41. The average Bonchev–Trinajstić information content (AvgIpc) is 2.33. The van der Waals surface area contributed by atoms with Crippen molar-refractivity contribution in [1.82, 2.24) is 5.32 Å². The zero-order valence-corrected chi connectivity index (χ0v) is 11.2. The van der Waals surface area contributed by atoms with Crippen LogP contribution in [0.25, 0.3) is 0 Å². The Kier molecular flexibility index (Phi) is 5.27. The zero-order chi connectivity index (χ0) is 14.4. The SMILES string of the molecule is Cc1ccc([N+](=O)[O-])c(OCC(C#N)NC(C)C)c1. The molecular formula is C13H17N3O3. The van der Waals surface area contributed by atoms with Crippen LogP contribution in [0.5, 0.6) is 5.75 Å². The van der Waals surface area contributed by atoms with Gasteiger partial charge in [-0.2, -0.15) is 5.26 Å². The van der Waals surface area contributed by atoms with Gasteiger partial charge in [-0.1, -0.05) is 6.07 Å². The van der Waals surface area contributed by atoms with Crippen molar-refractivity contribution in [1.29, 1.82) is 5.26 Å². The molecule has 1 rings (SSSR count). The predicted molar refractivity (Wildman–Crippen MR) is 71.0 cm³/mol. The van der Waals surface area contributed by atoms with Crippen LogP contribution in [-0.2, 0) is 0 Å². The standard InChI is InChI=1S/C13H17N3O3/c1-9(2)15-11(7-14)8-19-13-6-10(3)4-5-12(13)16(17)18/h4-6,9,11,15H,8H2,1-3H3. The predicted octanol–water partition coefficient (Wildman–Crippen LogP) is 2.17. The van der Waals surface area contributed by atoms with Gasteiger partial charge in [0.2, 0.25) is 0 Å². The molecule has 0 aliphatic carbocycles. The first-order valence-corrected chi connectivity index (χ1v) is 5.97. The summed E-state index contributed by atoms with van der Waals surface area (Å²) in [6, 6.07) is 6.36. The second-order valence-corrected chi connectivity index (χ2v) is 4.54. The molecule has 0 spiro atoms. The van der Waals surface area contributed by atoms with Crippen molar-refractivity contribution in [3.63, 3.8) is 0 Å². The molecule has 0 heterocycles. The van der Waals surface area contributed by atoms with Crippen LogP contribution in [0.1, 0.15) is 19.4 Å². The lowest BCUT2D eigenvalue weighted by Gasteiger charge is -2.15. The molecule has 0 saturated heterocycles. The molecule has 6 heteroatoms. The Morgan fingerprint density at radius 2 is 2.21 bits per heavy atom. The zero-order valence-electron chi connectivity index (χ0n) is 11.2. The van der Waals surface area contributed by atoms with E-state index in [0.29, 0.717) is 0 Å². The van der Waals surface area contributed by atoms with E-state index < -0.39 is 11.0 Å². The Labute approximate surface area is 112 Å². The van der Waals surface area contributed by atoms with E-state index in [4.69, 9.17) is 10.00 Å². The molecular weight excluding hydrogens is 246 g/mol. The Morgan fingerprint density at radius 3 is 2.74 bits per heavy atom. The highest BCUT2D eigenvalue weighted by atomic mass is 16.6. The van der Waals surface area contributed by atoms with Crippen LogP contribution in [0.2, 0.25) is 0 Å². The highest BCUT2D eigenvalue weighted by Gasteiger charge is 2.17. The first-order valence-electron chi connectivity index (χ1n) is 5.97. The smallest absolute Gasteiger partial charge is 0.310 e. The van der Waals surface area contributed by atoms with Gasteiger partial charge in [0.05, 0.1) is 11.0 Å². The Bertz CT molecular complexity index is 494. The molecule has 0 amide bonds. The van der Waals surface area contributed by atoms with E-state index in [1.165, 1.54) is 6.07 Å². The highest BCUT2D eigenvalue weighted by Crippen LogP contribution is 2.27. The Balaban J connectivity index is 2.79. The lowest BCUT2D eigenvalue weighted by Crippen LogP contribution is -2.38. The van der Waals surface area contributed by atoms with E-state index in [1.807, 2.05) is 20.8 Å². The first kappa shape index (κ1) is 14.9. The maximum Gasteiger partial charge on any atom is 0.310 e. The quantitative estimate of drug-likeness (QED) is 0.627. The van der Waals surface area contributed by atoms with Gasteiger partial charge in [0.25, 0.3) is 0 Å². The van der Waals surface area contributed by atoms with Crippen molar-refractivity contribution in [3.05, 3.63) is 33.9 Å². The minimum Gasteiger partial charge on any atom is -0.484 e. The number of hydrogen-bond acceptors (Lipinski definition) is 5. The van der Waals surface area contributed by atoms with Crippen LogP contribution < -0.4 is 10.1 Å². The fraction of sp³-hybridized carbons (Fsp3) is 0.462. The van der Waals surface area contributed by atoms with Gasteiger partial charge in [0.15, 0.2) is 5.75 Å². The van der Waals surface area contributed by atoms with Crippen molar-refractivity contribution in [3.8, 4) is 11.8 Å². The number of nitrogens with zero attached hydrogens (tertiary/aromatic N) is 2. The summed E-state index contributed by atoms with van der Waals surface area (Å²) >= 11 is 0. The first-order chi connectivity index (χ1) is 8.93. The minimum atomic E-state index is -0.500. The normalized spacial score (nSPS) is 11.9. The van der Waals surface area contributed by atoms with E-state index in [0.717, 1.165) is 5.56 Å². The van der Waals surface area contributed by atoms with E-state index in [-0.39, 0.29) is 24.1 Å². The van der Waals surface area contributed by atoms with Crippen molar-refractivity contribution < 1.29 is 9.66 Å². The maximum absolute atomic E-state index is 10.9. The van der Waals surface area contributed by atoms with Gasteiger partial charge < -0.3 is 4.74 Å². The summed E-state index contributed by atoms with van der Waals surface area (Å²) in [5.41, 5.74) is 0.776. The summed E-state index contributed by atoms with van der Waals surface area (Å²) in [5, 5.41) is 22.8. The molecule has 1 aromatic rings. The van der Waals surface area contributed by atoms with Crippen molar-refractivity contribution in [2.75, 3.05) is 6.61 Å². The molecule has 1 aromatic carbocycles. The van der Waals surface area contributed by atoms with Crippen LogP contribution >= 0.6 is 0 Å². The minimum absolute atomic E-state index is 0.0684. The number of nitrogens with one attached hydrogen (secondary N) is 1. The molecule has 0 aliphatic heterocycles. The number of nitriles is 1. The monoisotopic (exact) mass is 263 g/mol. The van der Waals surface area contributed by atoms with Gasteiger partial charge in [0.1, 0.15) is 12.6 Å². The molecule has 1 N–H and O–H groups in total. The van der Waals surface area contributed by atoms with Crippen molar-refractivity contribution in [2.45, 2.75) is 32.9 Å². The molecule has 0 aliphatic rings. The number of nitro benzene ring substituents is 1. The molecule has 0 aromatic heterocycles. The molecule has 0 saturated carbocycles. The van der Waals surface area contributed by atoms with Gasteiger partial charge in [-0.3, -0.25) is 15.4 Å². The average molecular weight is 263 g/mol. The molecule has 0 fully saturated rings. The van der Waals surface area contributed by atoms with Gasteiger partial charge >= 0.3 is 5.69 Å². The third kappa shape index (κ3) is 4.56. The fourth-order valence-electron chi connectivity index (χ4n) is 1.59. The number of nitro groups is 1. The van der Waals surface area contributed by atoms with Gasteiger partial charge in [-0.25, -0.2) is 0 Å². The second kappa shape index (κ2) is 6.71. The van der Waals surface area contributed by atoms with Crippen molar-refractivity contribution >= 4 is 5.69 Å². The summed E-state index contributed by atoms with van der Waals surface area (Å²) in [7, 11) is 0. The number of rotatable bonds is 6. The summed E-state index contributed by atoms with van der Waals surface area (Å²) in [5.74, 6) is 0.191. The fourth-order valence-corrected chi connectivity index (χ4v) is 1.59. The Hall–Kier alpha value is -2.13.